The van der Waals surface area contributed by atoms with E-state index in [0.29, 0.717) is 17.2 Å². The van der Waals surface area contributed by atoms with Crippen LogP contribution in [0, 0.1) is 11.6 Å². The molecule has 0 saturated carbocycles. The van der Waals surface area contributed by atoms with Crippen molar-refractivity contribution in [3.05, 3.63) is 77.0 Å². The number of fused-ring (bicyclic) bond motifs is 1. The average Bonchev–Trinajstić information content (AvgIpc) is 2.66. The van der Waals surface area contributed by atoms with E-state index in [9.17, 15) is 8.78 Å². The van der Waals surface area contributed by atoms with E-state index >= 15 is 0 Å². The summed E-state index contributed by atoms with van der Waals surface area (Å²) >= 11 is 3.07. The van der Waals surface area contributed by atoms with Crippen molar-refractivity contribution in [2.75, 3.05) is 5.32 Å². The van der Waals surface area contributed by atoms with Gasteiger partial charge >= 0.3 is 0 Å². The van der Waals surface area contributed by atoms with Crippen molar-refractivity contribution in [1.29, 1.82) is 0 Å². The van der Waals surface area contributed by atoms with E-state index in [1.165, 1.54) is 6.07 Å². The molecule has 27 heavy (non-hydrogen) atoms. The number of pyridine rings is 1. The molecular weight excluding hydrogens is 438 g/mol. The SMILES string of the molecule is Cl.Fc1cc(F)c(Nc2nc(-c3ccncc3)nc3ccccc23)cc1Br. The lowest BCUT2D eigenvalue weighted by Crippen LogP contribution is -2.01. The molecule has 0 bridgehead atoms. The third kappa shape index (κ3) is 3.89. The van der Waals surface area contributed by atoms with Crippen LogP contribution >= 0.6 is 28.3 Å². The zero-order valence-corrected chi connectivity index (χ0v) is 16.1. The molecule has 0 radical (unpaired) electrons. The molecule has 4 aromatic rings. The molecule has 0 aliphatic heterocycles. The van der Waals surface area contributed by atoms with Crippen molar-refractivity contribution >= 4 is 50.7 Å². The Labute approximate surface area is 168 Å². The van der Waals surface area contributed by atoms with Crippen molar-refractivity contribution in [1.82, 2.24) is 15.0 Å². The summed E-state index contributed by atoms with van der Waals surface area (Å²) in [5, 5.41) is 3.68. The maximum Gasteiger partial charge on any atom is 0.162 e. The van der Waals surface area contributed by atoms with Crippen LogP contribution in [0.15, 0.2) is 65.4 Å². The van der Waals surface area contributed by atoms with Gasteiger partial charge in [0.1, 0.15) is 17.5 Å². The number of halogens is 4. The van der Waals surface area contributed by atoms with E-state index in [0.717, 1.165) is 17.0 Å². The minimum Gasteiger partial charge on any atom is -0.337 e. The molecule has 4 nitrogen and oxygen atoms in total. The van der Waals surface area contributed by atoms with Gasteiger partial charge in [0.15, 0.2) is 5.82 Å². The third-order valence-electron chi connectivity index (χ3n) is 3.80. The van der Waals surface area contributed by atoms with Crippen LogP contribution < -0.4 is 5.32 Å². The van der Waals surface area contributed by atoms with Crippen LogP contribution in [-0.4, -0.2) is 15.0 Å². The largest absolute Gasteiger partial charge is 0.337 e. The fraction of sp³-hybridized carbons (Fsp3) is 0. The maximum atomic E-state index is 14.2. The van der Waals surface area contributed by atoms with Gasteiger partial charge in [0.05, 0.1) is 15.7 Å². The Hall–Kier alpha value is -2.64. The first-order valence-electron chi connectivity index (χ1n) is 7.70. The predicted octanol–water partition coefficient (Wildman–Crippen LogP) is 5.90. The second kappa shape index (κ2) is 7.94. The molecule has 8 heteroatoms. The number of para-hydroxylation sites is 1. The Morgan fingerprint density at radius 1 is 0.889 bits per heavy atom. The Bertz CT molecular complexity index is 1110. The molecule has 4 rings (SSSR count). The monoisotopic (exact) mass is 448 g/mol. The first-order valence-corrected chi connectivity index (χ1v) is 8.50. The average molecular weight is 450 g/mol. The van der Waals surface area contributed by atoms with E-state index in [2.05, 4.69) is 36.2 Å². The molecule has 0 aliphatic carbocycles. The molecular formula is C19H12BrClF2N4. The summed E-state index contributed by atoms with van der Waals surface area (Å²) < 4.78 is 27.8. The van der Waals surface area contributed by atoms with E-state index in [-0.39, 0.29) is 22.6 Å². The van der Waals surface area contributed by atoms with Crippen molar-refractivity contribution in [2.24, 2.45) is 0 Å². The van der Waals surface area contributed by atoms with Crippen LogP contribution in [0.5, 0.6) is 0 Å². The molecule has 0 saturated heterocycles. The molecule has 0 unspecified atom stereocenters. The van der Waals surface area contributed by atoms with Gasteiger partial charge in [-0.15, -0.1) is 12.4 Å². The molecule has 2 heterocycles. The van der Waals surface area contributed by atoms with Crippen LogP contribution in [-0.2, 0) is 0 Å². The maximum absolute atomic E-state index is 14.2. The first kappa shape index (κ1) is 19.1. The quantitative estimate of drug-likeness (QED) is 0.396. The van der Waals surface area contributed by atoms with Gasteiger partial charge in [-0.1, -0.05) is 12.1 Å². The molecule has 1 N–H and O–H groups in total. The van der Waals surface area contributed by atoms with Gasteiger partial charge in [-0.3, -0.25) is 4.98 Å². The zero-order valence-electron chi connectivity index (χ0n) is 13.7. The Kier molecular flexibility index (Phi) is 5.62. The summed E-state index contributed by atoms with van der Waals surface area (Å²) in [7, 11) is 0. The number of hydrogen-bond acceptors (Lipinski definition) is 4. The summed E-state index contributed by atoms with van der Waals surface area (Å²) in [6.45, 7) is 0. The fourth-order valence-corrected chi connectivity index (χ4v) is 2.89. The van der Waals surface area contributed by atoms with Gasteiger partial charge in [-0.25, -0.2) is 18.7 Å². The highest BCUT2D eigenvalue weighted by Gasteiger charge is 2.13. The summed E-state index contributed by atoms with van der Waals surface area (Å²) in [5.74, 6) is -0.466. The number of anilines is 2. The minimum atomic E-state index is -0.709. The Morgan fingerprint density at radius 3 is 2.41 bits per heavy atom. The normalized spacial score (nSPS) is 10.5. The Morgan fingerprint density at radius 2 is 1.63 bits per heavy atom. The van der Waals surface area contributed by atoms with Crippen molar-refractivity contribution in [3.63, 3.8) is 0 Å². The highest BCUT2D eigenvalue weighted by atomic mass is 79.9. The van der Waals surface area contributed by atoms with E-state index in [1.54, 1.807) is 24.5 Å². The second-order valence-corrected chi connectivity index (χ2v) is 6.37. The zero-order chi connectivity index (χ0) is 18.1. The van der Waals surface area contributed by atoms with Crippen LogP contribution in [0.4, 0.5) is 20.3 Å². The number of aromatic nitrogens is 3. The fourth-order valence-electron chi connectivity index (χ4n) is 2.55. The Balaban J connectivity index is 0.00000210. The van der Waals surface area contributed by atoms with Crippen LogP contribution in [0.25, 0.3) is 22.3 Å². The number of nitrogens with one attached hydrogen (secondary N) is 1. The number of benzene rings is 2. The van der Waals surface area contributed by atoms with Crippen molar-refractivity contribution in [3.8, 4) is 11.4 Å². The molecule has 0 spiro atoms. The third-order valence-corrected chi connectivity index (χ3v) is 4.41. The number of rotatable bonds is 3. The summed E-state index contributed by atoms with van der Waals surface area (Å²) in [6, 6.07) is 13.2. The molecule has 0 atom stereocenters. The molecule has 2 aromatic carbocycles. The van der Waals surface area contributed by atoms with Gasteiger partial charge in [0.25, 0.3) is 0 Å². The van der Waals surface area contributed by atoms with Crippen molar-refractivity contribution < 1.29 is 8.78 Å². The highest BCUT2D eigenvalue weighted by molar-refractivity contribution is 9.10. The van der Waals surface area contributed by atoms with E-state index in [1.807, 2.05) is 24.3 Å². The predicted molar refractivity (Wildman–Crippen MR) is 107 cm³/mol. The van der Waals surface area contributed by atoms with Gasteiger partial charge < -0.3 is 5.32 Å². The minimum absolute atomic E-state index is 0. The molecule has 136 valence electrons. The van der Waals surface area contributed by atoms with Crippen LogP contribution in [0.2, 0.25) is 0 Å². The number of hydrogen-bond donors (Lipinski definition) is 1. The second-order valence-electron chi connectivity index (χ2n) is 5.52. The van der Waals surface area contributed by atoms with Crippen LogP contribution in [0.1, 0.15) is 0 Å². The summed E-state index contributed by atoms with van der Waals surface area (Å²) in [6.07, 6.45) is 3.30. The first-order chi connectivity index (χ1) is 12.6. The van der Waals surface area contributed by atoms with Gasteiger partial charge in [0, 0.05) is 29.4 Å². The molecule has 0 amide bonds. The lowest BCUT2D eigenvalue weighted by Gasteiger charge is -2.12. The number of nitrogens with zero attached hydrogens (tertiary/aromatic N) is 3. The van der Waals surface area contributed by atoms with E-state index in [4.69, 9.17) is 0 Å². The van der Waals surface area contributed by atoms with Crippen LogP contribution in [0.3, 0.4) is 0 Å². The lowest BCUT2D eigenvalue weighted by molar-refractivity contribution is 0.581. The molecule has 0 fully saturated rings. The van der Waals surface area contributed by atoms with Gasteiger partial charge in [-0.2, -0.15) is 0 Å². The van der Waals surface area contributed by atoms with Crippen molar-refractivity contribution in [2.45, 2.75) is 0 Å². The summed E-state index contributed by atoms with van der Waals surface area (Å²) in [5.41, 5.74) is 1.61. The standard InChI is InChI=1S/C19H11BrF2N4.ClH/c20-13-9-17(15(22)10-14(13)21)25-19-12-3-1-2-4-16(12)24-18(26-19)11-5-7-23-8-6-11;/h1-10H,(H,24,25,26);1H. The topological polar surface area (TPSA) is 50.7 Å². The molecule has 0 aliphatic rings. The summed E-state index contributed by atoms with van der Waals surface area (Å²) in [4.78, 5) is 13.1. The smallest absolute Gasteiger partial charge is 0.162 e. The lowest BCUT2D eigenvalue weighted by atomic mass is 10.2. The van der Waals surface area contributed by atoms with E-state index < -0.39 is 11.6 Å². The molecule has 2 aromatic heterocycles. The highest BCUT2D eigenvalue weighted by Crippen LogP contribution is 2.30. The van der Waals surface area contributed by atoms with Gasteiger partial charge in [-0.05, 0) is 46.3 Å². The van der Waals surface area contributed by atoms with Gasteiger partial charge in [0.2, 0.25) is 0 Å².